The summed E-state index contributed by atoms with van der Waals surface area (Å²) in [7, 11) is 1.26. The Labute approximate surface area is 163 Å². The van der Waals surface area contributed by atoms with Gasteiger partial charge in [0.1, 0.15) is 12.4 Å². The highest BCUT2D eigenvalue weighted by atomic mass is 19.1. The molecule has 1 saturated heterocycles. The van der Waals surface area contributed by atoms with Gasteiger partial charge in [-0.15, -0.1) is 0 Å². The number of amides is 1. The van der Waals surface area contributed by atoms with Crippen molar-refractivity contribution in [3.8, 4) is 11.1 Å². The van der Waals surface area contributed by atoms with E-state index >= 15 is 0 Å². The fourth-order valence-electron chi connectivity index (χ4n) is 3.43. The summed E-state index contributed by atoms with van der Waals surface area (Å²) >= 11 is 0. The van der Waals surface area contributed by atoms with Gasteiger partial charge < -0.3 is 14.8 Å². The molecule has 1 aromatic heterocycles. The first-order valence-electron chi connectivity index (χ1n) is 9.16. The van der Waals surface area contributed by atoms with E-state index in [4.69, 9.17) is 4.74 Å². The molecule has 1 aliphatic rings. The van der Waals surface area contributed by atoms with Crippen LogP contribution >= 0.6 is 0 Å². The molecule has 148 valence electrons. The number of aromatic nitrogens is 1. The molecule has 6 nitrogen and oxygen atoms in total. The first-order chi connectivity index (χ1) is 13.5. The van der Waals surface area contributed by atoms with Gasteiger partial charge in [0.15, 0.2) is 0 Å². The van der Waals surface area contributed by atoms with E-state index < -0.39 is 11.4 Å². The lowest BCUT2D eigenvalue weighted by atomic mass is 9.74. The summed E-state index contributed by atoms with van der Waals surface area (Å²) < 4.78 is 24.8. The summed E-state index contributed by atoms with van der Waals surface area (Å²) in [5.74, 6) is -1.17. The third-order valence-electron chi connectivity index (χ3n) is 5.13. The number of nitrogens with one attached hydrogen (secondary N) is 1. The summed E-state index contributed by atoms with van der Waals surface area (Å²) in [5.41, 5.74) is 1.20. The van der Waals surface area contributed by atoms with Crippen LogP contribution in [-0.4, -0.2) is 43.7 Å². The van der Waals surface area contributed by atoms with Crippen molar-refractivity contribution < 1.29 is 23.5 Å². The van der Waals surface area contributed by atoms with Gasteiger partial charge in [-0.1, -0.05) is 18.2 Å². The Hall–Kier alpha value is -2.80. The van der Waals surface area contributed by atoms with Gasteiger partial charge in [0.05, 0.1) is 12.5 Å². The smallest absolute Gasteiger partial charge is 0.325 e. The van der Waals surface area contributed by atoms with Crippen LogP contribution in [0.5, 0.6) is 0 Å². The molecular weight excluding hydrogens is 363 g/mol. The van der Waals surface area contributed by atoms with Crippen molar-refractivity contribution in [3.05, 3.63) is 54.1 Å². The largest absolute Gasteiger partial charge is 0.468 e. The Morgan fingerprint density at radius 3 is 2.68 bits per heavy atom. The topological polar surface area (TPSA) is 77.5 Å². The van der Waals surface area contributed by atoms with Crippen LogP contribution in [0.3, 0.4) is 0 Å². The molecule has 0 atom stereocenters. The number of pyridine rings is 1. The maximum Gasteiger partial charge on any atom is 0.325 e. The zero-order valence-corrected chi connectivity index (χ0v) is 15.7. The van der Waals surface area contributed by atoms with E-state index in [1.807, 2.05) is 12.1 Å². The number of carbonyl (C=O) groups is 2. The van der Waals surface area contributed by atoms with Gasteiger partial charge in [0.2, 0.25) is 5.91 Å². The molecule has 0 saturated carbocycles. The second-order valence-corrected chi connectivity index (χ2v) is 6.88. The lowest BCUT2D eigenvalue weighted by Gasteiger charge is -2.36. The van der Waals surface area contributed by atoms with Gasteiger partial charge in [-0.05, 0) is 42.5 Å². The van der Waals surface area contributed by atoms with Crippen molar-refractivity contribution in [2.45, 2.75) is 19.3 Å². The van der Waals surface area contributed by atoms with Crippen LogP contribution in [-0.2, 0) is 25.5 Å². The predicted molar refractivity (Wildman–Crippen MR) is 101 cm³/mol. The molecule has 1 fully saturated rings. The third-order valence-corrected chi connectivity index (χ3v) is 5.13. The Morgan fingerprint density at radius 2 is 2.04 bits per heavy atom. The molecule has 0 spiro atoms. The Bertz CT molecular complexity index is 836. The number of hydrogen-bond acceptors (Lipinski definition) is 5. The van der Waals surface area contributed by atoms with Gasteiger partial charge in [-0.3, -0.25) is 14.6 Å². The highest BCUT2D eigenvalue weighted by Crippen LogP contribution is 2.36. The molecule has 1 N–H and O–H groups in total. The zero-order valence-electron chi connectivity index (χ0n) is 15.7. The van der Waals surface area contributed by atoms with Crippen molar-refractivity contribution in [2.24, 2.45) is 5.41 Å². The van der Waals surface area contributed by atoms with Crippen LogP contribution in [0.4, 0.5) is 4.39 Å². The van der Waals surface area contributed by atoms with E-state index in [1.54, 1.807) is 24.5 Å². The summed E-state index contributed by atoms with van der Waals surface area (Å²) in [6.07, 6.45) is 4.50. The van der Waals surface area contributed by atoms with E-state index in [0.717, 1.165) is 11.1 Å². The number of methoxy groups -OCH3 is 1. The first-order valence-corrected chi connectivity index (χ1v) is 9.16. The predicted octanol–water partition coefficient (Wildman–Crippen LogP) is 2.52. The first kappa shape index (κ1) is 19.9. The highest BCUT2D eigenvalue weighted by molar-refractivity contribution is 5.86. The quantitative estimate of drug-likeness (QED) is 0.772. The Morgan fingerprint density at radius 1 is 1.25 bits per heavy atom. The molecule has 2 heterocycles. The summed E-state index contributed by atoms with van der Waals surface area (Å²) in [5, 5.41) is 2.62. The second-order valence-electron chi connectivity index (χ2n) is 6.88. The van der Waals surface area contributed by atoms with E-state index in [-0.39, 0.29) is 24.7 Å². The lowest BCUT2D eigenvalue weighted by Crippen LogP contribution is -2.47. The van der Waals surface area contributed by atoms with Crippen LogP contribution in [0.1, 0.15) is 18.4 Å². The molecule has 2 aromatic rings. The van der Waals surface area contributed by atoms with Crippen LogP contribution in [0.15, 0.2) is 42.7 Å². The van der Waals surface area contributed by atoms with Gasteiger partial charge in [0, 0.05) is 31.2 Å². The van der Waals surface area contributed by atoms with Crippen molar-refractivity contribution in [1.29, 1.82) is 0 Å². The normalized spacial score (nSPS) is 15.6. The maximum absolute atomic E-state index is 14.8. The van der Waals surface area contributed by atoms with Crippen molar-refractivity contribution >= 4 is 11.9 Å². The maximum atomic E-state index is 14.8. The minimum atomic E-state index is -0.817. The molecule has 0 radical (unpaired) electrons. The molecule has 1 amide bonds. The number of esters is 1. The van der Waals surface area contributed by atoms with E-state index in [9.17, 15) is 14.0 Å². The number of ether oxygens (including phenoxy) is 2. The Kier molecular flexibility index (Phi) is 6.36. The van der Waals surface area contributed by atoms with Gasteiger partial charge in [-0.2, -0.15) is 0 Å². The average Bonchev–Trinajstić information content (AvgIpc) is 2.74. The number of benzene rings is 1. The number of nitrogens with zero attached hydrogens (tertiary/aromatic N) is 1. The van der Waals surface area contributed by atoms with Gasteiger partial charge in [0.25, 0.3) is 0 Å². The van der Waals surface area contributed by atoms with Crippen LogP contribution in [0.2, 0.25) is 0 Å². The SMILES string of the molecule is COC(=O)CNC(=O)C1(Cc2ccc(-c3cccnc3)cc2F)CCOCC1. The van der Waals surface area contributed by atoms with E-state index in [0.29, 0.717) is 31.6 Å². The molecule has 1 aliphatic heterocycles. The number of carbonyl (C=O) groups excluding carboxylic acids is 2. The standard InChI is InChI=1S/C21H23FN2O4/c1-27-19(25)14-24-20(26)21(6-9-28-10-7-21)12-16-5-4-15(11-18(16)22)17-3-2-8-23-13-17/h2-5,8,11,13H,6-7,9-10,12,14H2,1H3,(H,24,26). The molecule has 7 heteroatoms. The van der Waals surface area contributed by atoms with E-state index in [2.05, 4.69) is 15.0 Å². The molecule has 0 unspecified atom stereocenters. The molecule has 1 aromatic carbocycles. The summed E-state index contributed by atoms with van der Waals surface area (Å²) in [6, 6.07) is 8.66. The second kappa shape index (κ2) is 8.93. The van der Waals surface area contributed by atoms with Crippen LogP contribution < -0.4 is 5.32 Å². The molecule has 28 heavy (non-hydrogen) atoms. The summed E-state index contributed by atoms with van der Waals surface area (Å²) in [4.78, 5) is 28.3. The molecule has 0 aliphatic carbocycles. The third kappa shape index (κ3) is 4.54. The molecule has 3 rings (SSSR count). The Balaban J connectivity index is 1.81. The van der Waals surface area contributed by atoms with E-state index in [1.165, 1.54) is 13.2 Å². The molecule has 0 bridgehead atoms. The number of hydrogen-bond donors (Lipinski definition) is 1. The molecular formula is C21H23FN2O4. The van der Waals surface area contributed by atoms with Crippen LogP contribution in [0, 0.1) is 11.2 Å². The fraction of sp³-hybridized carbons (Fsp3) is 0.381. The van der Waals surface area contributed by atoms with Crippen molar-refractivity contribution in [1.82, 2.24) is 10.3 Å². The minimum absolute atomic E-state index is 0.208. The van der Waals surface area contributed by atoms with Gasteiger partial charge in [-0.25, -0.2) is 4.39 Å². The zero-order chi connectivity index (χ0) is 20.0. The average molecular weight is 386 g/mol. The van der Waals surface area contributed by atoms with Gasteiger partial charge >= 0.3 is 5.97 Å². The van der Waals surface area contributed by atoms with Crippen LogP contribution in [0.25, 0.3) is 11.1 Å². The monoisotopic (exact) mass is 386 g/mol. The number of halogens is 1. The minimum Gasteiger partial charge on any atom is -0.468 e. The highest BCUT2D eigenvalue weighted by Gasteiger charge is 2.40. The van der Waals surface area contributed by atoms with Crippen molar-refractivity contribution in [2.75, 3.05) is 26.9 Å². The van der Waals surface area contributed by atoms with Crippen molar-refractivity contribution in [3.63, 3.8) is 0 Å². The summed E-state index contributed by atoms with van der Waals surface area (Å²) in [6.45, 7) is 0.627. The fourth-order valence-corrected chi connectivity index (χ4v) is 3.43. The number of rotatable bonds is 6. The lowest BCUT2D eigenvalue weighted by molar-refractivity contribution is -0.144.